The third-order valence-electron chi connectivity index (χ3n) is 22.8. The highest BCUT2D eigenvalue weighted by Gasteiger charge is 2.26. The number of carbonyl (C=O) groups is 3. The van der Waals surface area contributed by atoms with Gasteiger partial charge in [-0.1, -0.05) is 190 Å². The maximum atomic E-state index is 12.3. The zero-order valence-corrected chi connectivity index (χ0v) is 69.3. The van der Waals surface area contributed by atoms with Crippen LogP contribution in [0.15, 0.2) is 265 Å². The van der Waals surface area contributed by atoms with Gasteiger partial charge in [0.2, 0.25) is 0 Å². The van der Waals surface area contributed by atoms with E-state index >= 15 is 0 Å². The van der Waals surface area contributed by atoms with Gasteiger partial charge in [0.1, 0.15) is 41.5 Å². The lowest BCUT2D eigenvalue weighted by atomic mass is 9.98. The van der Waals surface area contributed by atoms with Gasteiger partial charge in [-0.15, -0.1) is 0 Å². The van der Waals surface area contributed by atoms with Crippen molar-refractivity contribution in [2.45, 2.75) is 99.7 Å². The molecule has 0 unspecified atom stereocenters. The molecular weight excluding hydrogens is 1510 g/mol. The van der Waals surface area contributed by atoms with E-state index in [2.05, 4.69) is 234 Å². The maximum Gasteiger partial charge on any atom is 0.336 e. The fourth-order valence-corrected chi connectivity index (χ4v) is 17.0. The predicted octanol–water partition coefficient (Wildman–Crippen LogP) is 22.5. The molecule has 18 aromatic rings. The number of para-hydroxylation sites is 7. The van der Waals surface area contributed by atoms with E-state index in [4.69, 9.17) is 41.5 Å². The van der Waals surface area contributed by atoms with Crippen LogP contribution >= 0.6 is 11.6 Å². The fourth-order valence-electron chi connectivity index (χ4n) is 16.8. The Balaban J connectivity index is 0.000000129. The van der Waals surface area contributed by atoms with Crippen LogP contribution in [0.5, 0.6) is 0 Å². The number of anilines is 1. The minimum absolute atomic E-state index is 0.0873. The van der Waals surface area contributed by atoms with Crippen molar-refractivity contribution in [1.29, 1.82) is 0 Å². The number of carboxylic acids is 1. The normalized spacial score (nSPS) is 12.1. The molecule has 20 heteroatoms. The van der Waals surface area contributed by atoms with E-state index in [1.54, 1.807) is 18.2 Å². The number of amides is 1. The zero-order chi connectivity index (χ0) is 83.0. The molecule has 120 heavy (non-hydrogen) atoms. The van der Waals surface area contributed by atoms with Gasteiger partial charge in [-0.3, -0.25) is 9.59 Å². The Morgan fingerprint density at radius 1 is 0.375 bits per heavy atom. The third kappa shape index (κ3) is 15.2. The molecular formula is C100H90ClN15O4. The summed E-state index contributed by atoms with van der Waals surface area (Å²) in [6, 6.07) is 85.4. The number of hydrogen-bond acceptors (Lipinski definition) is 11. The summed E-state index contributed by atoms with van der Waals surface area (Å²) in [5, 5.41) is 18.5. The highest BCUT2D eigenvalue weighted by molar-refractivity contribution is 6.68. The SMILES string of the molecule is CCCc1nc2c(C)cc(-c3nc4ccccc4n3C)cc2n1Cc1ccc(-c2ccccc2C(=O)Cl)cc1.CCCc1nc2c(C)cc(-c3nc4ccccc4n3C)cc2n1Cc1ccc(-c2ccccc2C(=O)O)cc1.CCCc1nc2c(C)cc(-c3nc4ccccc4n3C)cc2n1Cc1ccc(-c2ccccc2N2N=NCC2=O)cc1. The fraction of sp³-hybridized carbons (Fsp3) is 0.190. The molecule has 0 atom stereocenters. The van der Waals surface area contributed by atoms with Crippen LogP contribution in [-0.2, 0) is 64.8 Å². The van der Waals surface area contributed by atoms with Gasteiger partial charge >= 0.3 is 5.97 Å². The van der Waals surface area contributed by atoms with Gasteiger partial charge in [0.05, 0.1) is 77.5 Å². The van der Waals surface area contributed by atoms with Gasteiger partial charge in [-0.25, -0.2) is 34.7 Å². The van der Waals surface area contributed by atoms with E-state index in [1.165, 1.54) is 10.6 Å². The molecule has 1 aliphatic heterocycles. The number of imidazole rings is 6. The average Bonchev–Trinajstić information content (AvgIpc) is 1.61. The molecule has 19 nitrogen and oxygen atoms in total. The molecule has 7 heterocycles. The Hall–Kier alpha value is -14.0. The van der Waals surface area contributed by atoms with Crippen LogP contribution in [0.2, 0.25) is 0 Å². The van der Waals surface area contributed by atoms with Gasteiger partial charge in [0, 0.05) is 87.9 Å². The quantitative estimate of drug-likeness (QED) is 0.0673. The minimum Gasteiger partial charge on any atom is -0.478 e. The van der Waals surface area contributed by atoms with Crippen molar-refractivity contribution in [3.8, 4) is 67.5 Å². The molecule has 0 saturated carbocycles. The van der Waals surface area contributed by atoms with Crippen LogP contribution in [0.25, 0.3) is 134 Å². The first-order valence-electron chi connectivity index (χ1n) is 40.8. The Morgan fingerprint density at radius 3 is 1.04 bits per heavy atom. The van der Waals surface area contributed by atoms with Crippen LogP contribution in [0.4, 0.5) is 5.69 Å². The average molecular weight is 1600 g/mol. The summed E-state index contributed by atoms with van der Waals surface area (Å²) >= 11 is 5.83. The lowest BCUT2D eigenvalue weighted by Gasteiger charge is -2.16. The van der Waals surface area contributed by atoms with Crippen LogP contribution in [0, 0.1) is 20.8 Å². The molecule has 0 fully saturated rings. The smallest absolute Gasteiger partial charge is 0.336 e. The van der Waals surface area contributed by atoms with Gasteiger partial charge in [-0.05, 0) is 204 Å². The molecule has 6 aromatic heterocycles. The van der Waals surface area contributed by atoms with Crippen LogP contribution in [-0.4, -0.2) is 86.1 Å². The summed E-state index contributed by atoms with van der Waals surface area (Å²) in [7, 11) is 6.21. The summed E-state index contributed by atoms with van der Waals surface area (Å²) in [4.78, 5) is 66.0. The number of aromatic nitrogens is 12. The molecule has 12 aromatic carbocycles. The molecule has 0 spiro atoms. The first-order chi connectivity index (χ1) is 58.4. The van der Waals surface area contributed by atoms with Crippen LogP contribution in [0.3, 0.4) is 0 Å². The van der Waals surface area contributed by atoms with Crippen molar-refractivity contribution in [2.24, 2.45) is 31.5 Å². The van der Waals surface area contributed by atoms with Crippen molar-refractivity contribution < 1.29 is 19.5 Å². The van der Waals surface area contributed by atoms with E-state index in [0.717, 1.165) is 223 Å². The molecule has 19 rings (SSSR count). The van der Waals surface area contributed by atoms with E-state index in [-0.39, 0.29) is 12.5 Å². The third-order valence-corrected chi connectivity index (χ3v) is 23.0. The van der Waals surface area contributed by atoms with Crippen LogP contribution in [0.1, 0.15) is 112 Å². The van der Waals surface area contributed by atoms with E-state index in [9.17, 15) is 19.5 Å². The Labute approximate surface area is 700 Å². The molecule has 596 valence electrons. The summed E-state index contributed by atoms with van der Waals surface area (Å²) in [5.74, 6) is 5.03. The molecule has 0 bridgehead atoms. The van der Waals surface area contributed by atoms with Crippen molar-refractivity contribution in [3.63, 3.8) is 0 Å². The number of benzene rings is 12. The lowest BCUT2D eigenvalue weighted by Crippen LogP contribution is -2.22. The summed E-state index contributed by atoms with van der Waals surface area (Å²) in [6.07, 6.45) is 5.73. The van der Waals surface area contributed by atoms with Crippen molar-refractivity contribution in [3.05, 3.63) is 317 Å². The largest absolute Gasteiger partial charge is 0.478 e. The molecule has 1 N–H and O–H groups in total. The van der Waals surface area contributed by atoms with Gasteiger partial charge in [0.25, 0.3) is 11.1 Å². The minimum atomic E-state index is -0.921. The maximum absolute atomic E-state index is 12.3. The van der Waals surface area contributed by atoms with E-state index < -0.39 is 11.2 Å². The number of fused-ring (bicyclic) bond motifs is 6. The Bertz CT molecular complexity index is 6740. The molecule has 0 aliphatic carbocycles. The van der Waals surface area contributed by atoms with Gasteiger partial charge in [-0.2, -0.15) is 10.1 Å². The number of halogens is 1. The first kappa shape index (κ1) is 78.5. The highest BCUT2D eigenvalue weighted by atomic mass is 35.5. The van der Waals surface area contributed by atoms with Crippen molar-refractivity contribution >= 4 is 101 Å². The van der Waals surface area contributed by atoms with Crippen molar-refractivity contribution in [1.82, 2.24) is 57.3 Å². The van der Waals surface area contributed by atoms with E-state index in [1.807, 2.05) is 103 Å². The number of rotatable bonds is 21. The number of carboxylic acid groups (broad SMARTS) is 1. The standard InChI is InChI=1S/C34H31N7O.C33H29ClN4O.C33H30N4O2/c1-4-9-31-37-33-22(2)18-25(34-36-27-11-6-8-13-29(27)39(34)3)19-30(33)40(31)21-23-14-16-24(17-15-23)26-10-5-7-12-28(26)41-32(42)20-35-38-41;1-4-9-30-36-31-21(2)18-24(33-35-27-12-7-8-13-28(27)37(33)3)19-29(31)38(30)20-22-14-16-23(17-15-22)25-10-5-6-11-26(25)32(34)39;1-4-9-30-35-31-21(2)18-24(32-34-27-12-7-8-13-28(27)36(32)3)19-29(31)37(30)20-22-14-16-23(17-15-22)25-10-5-6-11-26(25)33(38)39/h5-8,10-19H,4,9,20-21H2,1-3H3;5-8,10-19H,4,9,20H2,1-3H3;5-8,10-19H,4,9,20H2,1-3H3,(H,38,39). The van der Waals surface area contributed by atoms with Crippen LogP contribution < -0.4 is 5.01 Å². The molecule has 1 aliphatic rings. The molecule has 0 saturated heterocycles. The van der Waals surface area contributed by atoms with Gasteiger partial charge < -0.3 is 32.5 Å². The molecule has 0 radical (unpaired) electrons. The number of aromatic carboxylic acids is 1. The van der Waals surface area contributed by atoms with Gasteiger partial charge in [0.15, 0.2) is 0 Å². The Morgan fingerprint density at radius 2 is 0.700 bits per heavy atom. The molecule has 1 amide bonds. The number of carbonyl (C=O) groups excluding carboxylic acids is 2. The highest BCUT2D eigenvalue weighted by Crippen LogP contribution is 2.38. The lowest BCUT2D eigenvalue weighted by molar-refractivity contribution is -0.116. The second kappa shape index (κ2) is 33.5. The summed E-state index contributed by atoms with van der Waals surface area (Å²) in [6.45, 7) is 15.1. The first-order valence-corrected chi connectivity index (χ1v) is 41.2. The summed E-state index contributed by atoms with van der Waals surface area (Å²) < 4.78 is 13.5. The summed E-state index contributed by atoms with van der Waals surface area (Å²) in [5.41, 5.74) is 29.8. The monoisotopic (exact) mass is 1600 g/mol. The second-order valence-corrected chi connectivity index (χ2v) is 31.2. The predicted molar refractivity (Wildman–Crippen MR) is 482 cm³/mol. The number of aryl methyl sites for hydroxylation is 9. The number of nitrogens with zero attached hydrogens (tertiary/aromatic N) is 15. The zero-order valence-electron chi connectivity index (χ0n) is 68.6. The Kier molecular flexibility index (Phi) is 21.9. The number of hydrogen-bond donors (Lipinski definition) is 1. The second-order valence-electron chi connectivity index (χ2n) is 30.9. The topological polar surface area (TPSA) is 206 Å². The van der Waals surface area contributed by atoms with E-state index in [0.29, 0.717) is 30.8 Å². The van der Waals surface area contributed by atoms with Crippen molar-refractivity contribution in [2.75, 3.05) is 11.6 Å².